The smallest absolute Gasteiger partial charge is 0.259 e. The highest BCUT2D eigenvalue weighted by Crippen LogP contribution is 2.41. The van der Waals surface area contributed by atoms with Crippen molar-refractivity contribution in [2.24, 2.45) is 11.3 Å². The van der Waals surface area contributed by atoms with Crippen LogP contribution in [-0.4, -0.2) is 33.9 Å². The lowest BCUT2D eigenvalue weighted by atomic mass is 9.72. The number of hydrogen-bond donors (Lipinski definition) is 1. The van der Waals surface area contributed by atoms with Crippen LogP contribution in [0.4, 0.5) is 0 Å². The van der Waals surface area contributed by atoms with Crippen LogP contribution in [0.3, 0.4) is 0 Å². The van der Waals surface area contributed by atoms with E-state index in [0.717, 1.165) is 55.4 Å². The molecule has 0 aromatic carbocycles. The fourth-order valence-electron chi connectivity index (χ4n) is 4.44. The van der Waals surface area contributed by atoms with Crippen molar-refractivity contribution in [1.82, 2.24) is 14.9 Å². The molecule has 5 nitrogen and oxygen atoms in total. The molecule has 1 fully saturated rings. The Bertz CT molecular complexity index is 916. The standard InChI is InChI=1S/C21H29N3O2S/c1-21(2,3)13-6-7-14-15(12-13)27-20-18(14)19(26)22-16(23-20)8-9-17(25)24-10-4-5-11-24/h13H,4-12H2,1-3H3,(H,22,23,26)/t13-/m1/s1. The van der Waals surface area contributed by atoms with E-state index in [2.05, 4.69) is 25.8 Å². The third-order valence-corrected chi connectivity index (χ3v) is 7.38. The average Bonchev–Trinajstić information content (AvgIpc) is 3.25. The molecule has 1 saturated heterocycles. The Morgan fingerprint density at radius 3 is 2.74 bits per heavy atom. The molecule has 0 radical (unpaired) electrons. The van der Waals surface area contributed by atoms with Crippen LogP contribution >= 0.6 is 11.3 Å². The lowest BCUT2D eigenvalue weighted by molar-refractivity contribution is -0.130. The van der Waals surface area contributed by atoms with E-state index >= 15 is 0 Å². The summed E-state index contributed by atoms with van der Waals surface area (Å²) in [7, 11) is 0. The summed E-state index contributed by atoms with van der Waals surface area (Å²) in [6.45, 7) is 8.65. The van der Waals surface area contributed by atoms with E-state index in [-0.39, 0.29) is 16.9 Å². The lowest BCUT2D eigenvalue weighted by Gasteiger charge is -2.33. The Morgan fingerprint density at radius 1 is 1.30 bits per heavy atom. The first-order valence-electron chi connectivity index (χ1n) is 10.1. The van der Waals surface area contributed by atoms with E-state index in [1.165, 1.54) is 10.4 Å². The summed E-state index contributed by atoms with van der Waals surface area (Å²) in [5.41, 5.74) is 1.47. The van der Waals surface area contributed by atoms with E-state index < -0.39 is 0 Å². The molecule has 2 aliphatic rings. The number of fused-ring (bicyclic) bond motifs is 3. The van der Waals surface area contributed by atoms with Gasteiger partial charge in [-0.05, 0) is 49.0 Å². The Morgan fingerprint density at radius 2 is 2.04 bits per heavy atom. The van der Waals surface area contributed by atoms with Crippen molar-refractivity contribution in [3.8, 4) is 0 Å². The topological polar surface area (TPSA) is 66.1 Å². The van der Waals surface area contributed by atoms with Crippen LogP contribution in [0.1, 0.15) is 62.7 Å². The van der Waals surface area contributed by atoms with Crippen molar-refractivity contribution in [1.29, 1.82) is 0 Å². The fourth-order valence-corrected chi connectivity index (χ4v) is 5.76. The summed E-state index contributed by atoms with van der Waals surface area (Å²) < 4.78 is 0. The number of H-pyrrole nitrogens is 1. The first-order chi connectivity index (χ1) is 12.8. The maximum absolute atomic E-state index is 12.7. The second-order valence-corrected chi connectivity index (χ2v) is 10.2. The molecule has 6 heteroatoms. The number of aryl methyl sites for hydroxylation is 2. The van der Waals surface area contributed by atoms with Gasteiger partial charge in [0, 0.05) is 30.8 Å². The normalized spacial score (nSPS) is 20.3. The predicted molar refractivity (Wildman–Crippen MR) is 109 cm³/mol. The number of aromatic nitrogens is 2. The molecular formula is C21H29N3O2S. The van der Waals surface area contributed by atoms with Gasteiger partial charge in [0.1, 0.15) is 10.7 Å². The summed E-state index contributed by atoms with van der Waals surface area (Å²) in [5, 5.41) is 0.789. The van der Waals surface area contributed by atoms with Crippen LogP contribution in [-0.2, 0) is 24.1 Å². The van der Waals surface area contributed by atoms with Crippen LogP contribution in [0.5, 0.6) is 0 Å². The van der Waals surface area contributed by atoms with Gasteiger partial charge in [0.25, 0.3) is 5.56 Å². The van der Waals surface area contributed by atoms with Crippen molar-refractivity contribution in [3.63, 3.8) is 0 Å². The number of amides is 1. The quantitative estimate of drug-likeness (QED) is 0.873. The molecule has 0 saturated carbocycles. The van der Waals surface area contributed by atoms with Gasteiger partial charge in [0.05, 0.1) is 5.39 Å². The highest BCUT2D eigenvalue weighted by Gasteiger charge is 2.31. The SMILES string of the molecule is CC(C)(C)[C@@H]1CCc2c(sc3nc(CCC(=O)N4CCCC4)[nH]c(=O)c23)C1. The second-order valence-electron chi connectivity index (χ2n) is 9.09. The van der Waals surface area contributed by atoms with Crippen LogP contribution < -0.4 is 5.56 Å². The summed E-state index contributed by atoms with van der Waals surface area (Å²) >= 11 is 1.68. The number of likely N-dealkylation sites (tertiary alicyclic amines) is 1. The molecule has 1 N–H and O–H groups in total. The Hall–Kier alpha value is -1.69. The number of carbonyl (C=O) groups is 1. The minimum absolute atomic E-state index is 0.0321. The molecule has 1 aliphatic carbocycles. The number of hydrogen-bond acceptors (Lipinski definition) is 4. The molecular weight excluding hydrogens is 358 g/mol. The van der Waals surface area contributed by atoms with E-state index in [9.17, 15) is 9.59 Å². The molecule has 0 spiro atoms. The molecule has 146 valence electrons. The minimum Gasteiger partial charge on any atom is -0.343 e. The number of rotatable bonds is 3. The minimum atomic E-state index is -0.0321. The van der Waals surface area contributed by atoms with Crippen molar-refractivity contribution < 1.29 is 4.79 Å². The lowest BCUT2D eigenvalue weighted by Crippen LogP contribution is -2.28. The number of thiophene rings is 1. The fraction of sp³-hybridized carbons (Fsp3) is 0.667. The van der Waals surface area contributed by atoms with Crippen LogP contribution in [0.2, 0.25) is 0 Å². The van der Waals surface area contributed by atoms with E-state index in [4.69, 9.17) is 4.98 Å². The number of carbonyl (C=O) groups excluding carboxylic acids is 1. The molecule has 0 bridgehead atoms. The maximum atomic E-state index is 12.7. The highest BCUT2D eigenvalue weighted by molar-refractivity contribution is 7.18. The molecule has 1 atom stereocenters. The van der Waals surface area contributed by atoms with Gasteiger partial charge in [-0.1, -0.05) is 20.8 Å². The second kappa shape index (κ2) is 7.04. The number of nitrogens with zero attached hydrogens (tertiary/aromatic N) is 2. The maximum Gasteiger partial charge on any atom is 0.259 e. The van der Waals surface area contributed by atoms with Crippen LogP contribution in [0, 0.1) is 11.3 Å². The molecule has 1 amide bonds. The van der Waals surface area contributed by atoms with Crippen molar-refractivity contribution in [2.75, 3.05) is 13.1 Å². The Balaban J connectivity index is 1.55. The largest absolute Gasteiger partial charge is 0.343 e. The van der Waals surface area contributed by atoms with Crippen molar-refractivity contribution in [3.05, 3.63) is 26.6 Å². The highest BCUT2D eigenvalue weighted by atomic mass is 32.1. The van der Waals surface area contributed by atoms with E-state index in [0.29, 0.717) is 24.6 Å². The van der Waals surface area contributed by atoms with Gasteiger partial charge >= 0.3 is 0 Å². The summed E-state index contributed by atoms with van der Waals surface area (Å²) in [4.78, 5) is 36.8. The van der Waals surface area contributed by atoms with Crippen molar-refractivity contribution >= 4 is 27.5 Å². The van der Waals surface area contributed by atoms with Gasteiger partial charge in [-0.15, -0.1) is 11.3 Å². The summed E-state index contributed by atoms with van der Waals surface area (Å²) in [6.07, 6.45) is 6.27. The van der Waals surface area contributed by atoms with Crippen LogP contribution in [0.25, 0.3) is 10.2 Å². The van der Waals surface area contributed by atoms with Gasteiger partial charge in [0.2, 0.25) is 5.91 Å². The molecule has 3 heterocycles. The first kappa shape index (κ1) is 18.7. The first-order valence-corrected chi connectivity index (χ1v) is 11.0. The molecule has 1 aliphatic heterocycles. The zero-order valence-corrected chi connectivity index (χ0v) is 17.4. The van der Waals surface area contributed by atoms with Gasteiger partial charge in [-0.25, -0.2) is 4.98 Å². The third-order valence-electron chi connectivity index (χ3n) is 6.23. The number of aromatic amines is 1. The third kappa shape index (κ3) is 3.68. The van der Waals surface area contributed by atoms with Gasteiger partial charge in [-0.3, -0.25) is 9.59 Å². The van der Waals surface area contributed by atoms with Gasteiger partial charge in [-0.2, -0.15) is 0 Å². The molecule has 0 unspecified atom stereocenters. The molecule has 4 rings (SSSR count). The van der Waals surface area contributed by atoms with Gasteiger partial charge < -0.3 is 9.88 Å². The summed E-state index contributed by atoms with van der Waals surface area (Å²) in [6, 6.07) is 0. The zero-order chi connectivity index (χ0) is 19.2. The average molecular weight is 388 g/mol. The van der Waals surface area contributed by atoms with Gasteiger partial charge in [0.15, 0.2) is 0 Å². The van der Waals surface area contributed by atoms with E-state index in [1.807, 2.05) is 4.90 Å². The molecule has 27 heavy (non-hydrogen) atoms. The summed E-state index contributed by atoms with van der Waals surface area (Å²) in [5.74, 6) is 1.47. The van der Waals surface area contributed by atoms with Crippen molar-refractivity contribution in [2.45, 2.75) is 65.7 Å². The predicted octanol–water partition coefficient (Wildman–Crippen LogP) is 3.69. The monoisotopic (exact) mass is 387 g/mol. The molecule has 2 aromatic rings. The zero-order valence-electron chi connectivity index (χ0n) is 16.6. The Kier molecular flexibility index (Phi) is 4.87. The molecule has 2 aromatic heterocycles. The van der Waals surface area contributed by atoms with E-state index in [1.54, 1.807) is 11.3 Å². The number of nitrogens with one attached hydrogen (secondary N) is 1. The Labute approximate surface area is 164 Å². The van der Waals surface area contributed by atoms with Crippen LogP contribution in [0.15, 0.2) is 4.79 Å².